The maximum absolute atomic E-state index is 12.7. The second-order valence-electron chi connectivity index (χ2n) is 7.32. The molecule has 2 aliphatic rings. The molecule has 0 radical (unpaired) electrons. The lowest BCUT2D eigenvalue weighted by Gasteiger charge is -2.34. The molecule has 0 aliphatic carbocycles. The molecule has 0 saturated carbocycles. The van der Waals surface area contributed by atoms with Gasteiger partial charge in [-0.15, -0.1) is 10.2 Å². The van der Waals surface area contributed by atoms with E-state index in [0.29, 0.717) is 50.7 Å². The first-order chi connectivity index (χ1) is 12.9. The maximum atomic E-state index is 12.7. The van der Waals surface area contributed by atoms with Crippen LogP contribution >= 0.6 is 0 Å². The third kappa shape index (κ3) is 4.84. The van der Waals surface area contributed by atoms with E-state index >= 15 is 0 Å². The highest BCUT2D eigenvalue weighted by molar-refractivity contribution is 5.83. The maximum Gasteiger partial charge on any atom is 0.235 e. The molecule has 3 heterocycles. The fourth-order valence-corrected chi connectivity index (χ4v) is 3.72. The molecule has 1 atom stereocenters. The zero-order valence-corrected chi connectivity index (χ0v) is 16.0. The zero-order chi connectivity index (χ0) is 19.4. The van der Waals surface area contributed by atoms with Crippen molar-refractivity contribution in [3.8, 4) is 0 Å². The van der Waals surface area contributed by atoms with Crippen molar-refractivity contribution < 1.29 is 18.8 Å². The van der Waals surface area contributed by atoms with Crippen LogP contribution in [0.4, 0.5) is 0 Å². The Labute approximate surface area is 158 Å². The van der Waals surface area contributed by atoms with Gasteiger partial charge in [-0.3, -0.25) is 14.4 Å². The molecule has 2 fully saturated rings. The number of likely N-dealkylation sites (tertiary alicyclic amines) is 2. The summed E-state index contributed by atoms with van der Waals surface area (Å²) in [4.78, 5) is 41.8. The molecule has 0 bridgehead atoms. The summed E-state index contributed by atoms with van der Waals surface area (Å²) >= 11 is 0. The number of nitrogens with zero attached hydrogens (tertiary/aromatic N) is 5. The van der Waals surface area contributed by atoms with Crippen LogP contribution in [0.3, 0.4) is 0 Å². The Kier molecular flexibility index (Phi) is 6.08. The second-order valence-corrected chi connectivity index (χ2v) is 7.32. The summed E-state index contributed by atoms with van der Waals surface area (Å²) in [5.74, 6) is 0.926. The van der Waals surface area contributed by atoms with Gasteiger partial charge in [-0.2, -0.15) is 0 Å². The average Bonchev–Trinajstić information content (AvgIpc) is 3.24. The van der Waals surface area contributed by atoms with E-state index in [4.69, 9.17) is 4.42 Å². The molecule has 3 amide bonds. The van der Waals surface area contributed by atoms with Crippen LogP contribution in [0.15, 0.2) is 4.42 Å². The van der Waals surface area contributed by atoms with E-state index in [2.05, 4.69) is 10.2 Å². The fourth-order valence-electron chi connectivity index (χ4n) is 3.72. The van der Waals surface area contributed by atoms with Crippen LogP contribution in [-0.2, 0) is 20.9 Å². The Hall–Kier alpha value is -2.45. The quantitative estimate of drug-likeness (QED) is 0.689. The Morgan fingerprint density at radius 2 is 1.93 bits per heavy atom. The van der Waals surface area contributed by atoms with Crippen molar-refractivity contribution in [1.29, 1.82) is 0 Å². The highest BCUT2D eigenvalue weighted by Gasteiger charge is 2.32. The minimum Gasteiger partial charge on any atom is -0.424 e. The number of rotatable bonds is 7. The standard InChI is InChI=1S/C18H27N5O4/c1-13-19-20-15(27-13)12-21(2)18(26)14-6-7-17(25)23(11-14)10-4-9-22-8-3-5-16(22)24/h14H,3-12H2,1-2H3/t14-/m0/s1. The van der Waals surface area contributed by atoms with Crippen molar-refractivity contribution in [1.82, 2.24) is 24.9 Å². The van der Waals surface area contributed by atoms with Gasteiger partial charge in [0.05, 0.1) is 12.5 Å². The third-order valence-electron chi connectivity index (χ3n) is 5.19. The highest BCUT2D eigenvalue weighted by atomic mass is 16.4. The molecule has 27 heavy (non-hydrogen) atoms. The van der Waals surface area contributed by atoms with Crippen molar-refractivity contribution in [3.63, 3.8) is 0 Å². The van der Waals surface area contributed by atoms with Gasteiger partial charge < -0.3 is 19.1 Å². The molecule has 0 unspecified atom stereocenters. The fraction of sp³-hybridized carbons (Fsp3) is 0.722. The minimum absolute atomic E-state index is 0.0157. The van der Waals surface area contributed by atoms with E-state index in [1.54, 1.807) is 23.8 Å². The SMILES string of the molecule is Cc1nnc(CN(C)C(=O)[C@H]2CCC(=O)N(CCCN3CCCC3=O)C2)o1. The number of carbonyl (C=O) groups excluding carboxylic acids is 3. The number of aryl methyl sites for hydroxylation is 1. The van der Waals surface area contributed by atoms with Crippen molar-refractivity contribution in [2.24, 2.45) is 5.92 Å². The van der Waals surface area contributed by atoms with Gasteiger partial charge in [-0.05, 0) is 19.3 Å². The molecule has 1 aromatic rings. The number of amides is 3. The smallest absolute Gasteiger partial charge is 0.235 e. The molecule has 2 saturated heterocycles. The Bertz CT molecular complexity index is 704. The molecule has 9 heteroatoms. The Morgan fingerprint density at radius 1 is 1.19 bits per heavy atom. The van der Waals surface area contributed by atoms with Crippen molar-refractivity contribution in [2.75, 3.05) is 33.2 Å². The monoisotopic (exact) mass is 377 g/mol. The zero-order valence-electron chi connectivity index (χ0n) is 16.0. The van der Waals surface area contributed by atoms with Crippen LogP contribution < -0.4 is 0 Å². The molecule has 0 spiro atoms. The third-order valence-corrected chi connectivity index (χ3v) is 5.19. The van der Waals surface area contributed by atoms with Gasteiger partial charge in [0.2, 0.25) is 29.5 Å². The molecular formula is C18H27N5O4. The molecule has 3 rings (SSSR count). The summed E-state index contributed by atoms with van der Waals surface area (Å²) in [5.41, 5.74) is 0. The topological polar surface area (TPSA) is 99.9 Å². The Balaban J connectivity index is 1.48. The number of aromatic nitrogens is 2. The van der Waals surface area contributed by atoms with Crippen molar-refractivity contribution in [3.05, 3.63) is 11.8 Å². The van der Waals surface area contributed by atoms with Crippen LogP contribution in [0, 0.1) is 12.8 Å². The normalized spacial score (nSPS) is 20.4. The minimum atomic E-state index is -0.217. The molecule has 0 aromatic carbocycles. The second kappa shape index (κ2) is 8.49. The van der Waals surface area contributed by atoms with Crippen LogP contribution in [0.25, 0.3) is 0 Å². The molecule has 9 nitrogen and oxygen atoms in total. The number of carbonyl (C=O) groups is 3. The Morgan fingerprint density at radius 3 is 2.59 bits per heavy atom. The summed E-state index contributed by atoms with van der Waals surface area (Å²) in [7, 11) is 1.71. The predicted molar refractivity (Wildman–Crippen MR) is 95.2 cm³/mol. The van der Waals surface area contributed by atoms with E-state index in [0.717, 1.165) is 19.4 Å². The van der Waals surface area contributed by atoms with Gasteiger partial charge in [-0.25, -0.2) is 0 Å². The van der Waals surface area contributed by atoms with Crippen LogP contribution in [0.5, 0.6) is 0 Å². The van der Waals surface area contributed by atoms with Gasteiger partial charge in [0.1, 0.15) is 0 Å². The van der Waals surface area contributed by atoms with Crippen LogP contribution in [-0.4, -0.2) is 75.8 Å². The largest absolute Gasteiger partial charge is 0.424 e. The number of piperidine rings is 1. The van der Waals surface area contributed by atoms with Gasteiger partial charge >= 0.3 is 0 Å². The first-order valence-electron chi connectivity index (χ1n) is 9.53. The van der Waals surface area contributed by atoms with Gasteiger partial charge in [0.25, 0.3) is 0 Å². The van der Waals surface area contributed by atoms with Crippen LogP contribution in [0.2, 0.25) is 0 Å². The molecule has 1 aromatic heterocycles. The summed E-state index contributed by atoms with van der Waals surface area (Å²) in [6.45, 7) is 4.48. The van der Waals surface area contributed by atoms with Crippen molar-refractivity contribution in [2.45, 2.75) is 45.6 Å². The summed E-state index contributed by atoms with van der Waals surface area (Å²) < 4.78 is 5.33. The molecule has 148 valence electrons. The van der Waals surface area contributed by atoms with E-state index in [9.17, 15) is 14.4 Å². The first kappa shape index (κ1) is 19.3. The van der Waals surface area contributed by atoms with E-state index < -0.39 is 0 Å². The summed E-state index contributed by atoms with van der Waals surface area (Å²) in [6.07, 6.45) is 3.24. The van der Waals surface area contributed by atoms with E-state index in [-0.39, 0.29) is 30.2 Å². The van der Waals surface area contributed by atoms with Gasteiger partial charge in [0.15, 0.2) is 0 Å². The lowest BCUT2D eigenvalue weighted by atomic mass is 9.96. The first-order valence-corrected chi connectivity index (χ1v) is 9.53. The predicted octanol–water partition coefficient (Wildman–Crippen LogP) is 0.588. The highest BCUT2D eigenvalue weighted by Crippen LogP contribution is 2.21. The lowest BCUT2D eigenvalue weighted by molar-refractivity contribution is -0.142. The summed E-state index contributed by atoms with van der Waals surface area (Å²) in [6, 6.07) is 0. The van der Waals surface area contributed by atoms with Gasteiger partial charge in [0, 0.05) is 53.0 Å². The van der Waals surface area contributed by atoms with E-state index in [1.165, 1.54) is 0 Å². The van der Waals surface area contributed by atoms with Crippen molar-refractivity contribution >= 4 is 17.7 Å². The van der Waals surface area contributed by atoms with Gasteiger partial charge in [-0.1, -0.05) is 0 Å². The number of hydrogen-bond donors (Lipinski definition) is 0. The lowest BCUT2D eigenvalue weighted by Crippen LogP contribution is -2.46. The summed E-state index contributed by atoms with van der Waals surface area (Å²) in [5, 5.41) is 7.69. The molecule has 0 N–H and O–H groups in total. The average molecular weight is 377 g/mol. The molecular weight excluding hydrogens is 350 g/mol. The molecule has 2 aliphatic heterocycles. The number of hydrogen-bond acceptors (Lipinski definition) is 6. The van der Waals surface area contributed by atoms with Crippen LogP contribution in [0.1, 0.15) is 43.9 Å². The van der Waals surface area contributed by atoms with E-state index in [1.807, 2.05) is 4.90 Å².